The molecule has 0 aliphatic carbocycles. The van der Waals surface area contributed by atoms with E-state index in [1.165, 1.54) is 0 Å². The molecule has 0 aliphatic heterocycles. The molecule has 1 aromatic heterocycles. The van der Waals surface area contributed by atoms with Crippen molar-refractivity contribution in [2.45, 2.75) is 6.04 Å². The lowest BCUT2D eigenvalue weighted by molar-refractivity contribution is 0.0916. The van der Waals surface area contributed by atoms with E-state index in [0.29, 0.717) is 11.4 Å². The van der Waals surface area contributed by atoms with E-state index in [1.54, 1.807) is 42.3 Å². The summed E-state index contributed by atoms with van der Waals surface area (Å²) >= 11 is 0. The van der Waals surface area contributed by atoms with Crippen molar-refractivity contribution in [2.24, 2.45) is 7.05 Å². The van der Waals surface area contributed by atoms with Crippen molar-refractivity contribution in [1.29, 1.82) is 0 Å². The molecule has 1 atom stereocenters. The van der Waals surface area contributed by atoms with E-state index in [2.05, 4.69) is 15.4 Å². The molecule has 0 spiro atoms. The van der Waals surface area contributed by atoms with Gasteiger partial charge in [-0.15, -0.1) is 0 Å². The van der Waals surface area contributed by atoms with Crippen molar-refractivity contribution in [3.05, 3.63) is 72.1 Å². The fourth-order valence-corrected chi connectivity index (χ4v) is 2.40. The summed E-state index contributed by atoms with van der Waals surface area (Å²) in [4.78, 5) is 16.6. The monoisotopic (exact) mass is 322 g/mol. The molecule has 0 saturated carbocycles. The third kappa shape index (κ3) is 3.49. The normalized spacial score (nSPS) is 11.9. The molecule has 0 aliphatic rings. The summed E-state index contributed by atoms with van der Waals surface area (Å²) in [5.41, 5.74) is 2.22. The van der Waals surface area contributed by atoms with Crippen LogP contribution in [0.4, 0.5) is 0 Å². The number of aliphatic hydroxyl groups is 1. The zero-order valence-corrected chi connectivity index (χ0v) is 13.3. The molecule has 1 heterocycles. The van der Waals surface area contributed by atoms with Crippen molar-refractivity contribution >= 4 is 5.91 Å². The number of nitrogens with one attached hydrogen (secondary N) is 1. The van der Waals surface area contributed by atoms with Crippen LogP contribution in [-0.4, -0.2) is 32.4 Å². The van der Waals surface area contributed by atoms with E-state index in [4.69, 9.17) is 0 Å². The van der Waals surface area contributed by atoms with Crippen molar-refractivity contribution in [3.63, 3.8) is 0 Å². The standard InChI is InChI=1S/C18H18N4O2/c1-22-12-19-17(21-22)14-7-9-15(10-8-14)18(24)20-16(11-23)13-5-3-2-4-6-13/h2-10,12,16,23H,11H2,1H3,(H,20,24). The number of aromatic nitrogens is 3. The fourth-order valence-electron chi connectivity index (χ4n) is 2.40. The van der Waals surface area contributed by atoms with Crippen LogP contribution < -0.4 is 5.32 Å². The fraction of sp³-hybridized carbons (Fsp3) is 0.167. The molecule has 3 rings (SSSR count). The number of aliphatic hydroxyl groups excluding tert-OH is 1. The Labute approximate surface area is 139 Å². The van der Waals surface area contributed by atoms with Gasteiger partial charge in [0.15, 0.2) is 5.82 Å². The number of hydrogen-bond acceptors (Lipinski definition) is 4. The number of benzene rings is 2. The predicted octanol–water partition coefficient (Wildman–Crippen LogP) is 1.95. The van der Waals surface area contributed by atoms with Gasteiger partial charge in [0.05, 0.1) is 12.6 Å². The predicted molar refractivity (Wildman–Crippen MR) is 90.2 cm³/mol. The van der Waals surface area contributed by atoms with Crippen molar-refractivity contribution in [1.82, 2.24) is 20.1 Å². The van der Waals surface area contributed by atoms with E-state index in [-0.39, 0.29) is 12.5 Å². The summed E-state index contributed by atoms with van der Waals surface area (Å²) in [5.74, 6) is 0.375. The Kier molecular flexibility index (Phi) is 4.67. The average Bonchev–Trinajstić information content (AvgIpc) is 3.07. The molecule has 6 nitrogen and oxygen atoms in total. The number of aryl methyl sites for hydroxylation is 1. The molecule has 1 amide bonds. The van der Waals surface area contributed by atoms with Gasteiger partial charge in [0.1, 0.15) is 6.33 Å². The number of amides is 1. The number of carbonyl (C=O) groups excluding carboxylic acids is 1. The molecule has 2 aromatic carbocycles. The van der Waals surface area contributed by atoms with E-state index >= 15 is 0 Å². The maximum absolute atomic E-state index is 12.4. The molecule has 24 heavy (non-hydrogen) atoms. The van der Waals surface area contributed by atoms with E-state index in [9.17, 15) is 9.90 Å². The minimum atomic E-state index is -0.434. The molecule has 1 unspecified atom stereocenters. The van der Waals surface area contributed by atoms with Gasteiger partial charge in [0.2, 0.25) is 0 Å². The highest BCUT2D eigenvalue weighted by Gasteiger charge is 2.15. The average molecular weight is 322 g/mol. The van der Waals surface area contributed by atoms with Gasteiger partial charge < -0.3 is 10.4 Å². The molecule has 0 saturated heterocycles. The van der Waals surface area contributed by atoms with Crippen LogP contribution in [-0.2, 0) is 7.05 Å². The molecule has 6 heteroatoms. The Morgan fingerprint density at radius 1 is 1.17 bits per heavy atom. The largest absolute Gasteiger partial charge is 0.394 e. The Morgan fingerprint density at radius 2 is 1.88 bits per heavy atom. The second-order valence-corrected chi connectivity index (χ2v) is 5.44. The Balaban J connectivity index is 1.73. The first-order valence-electron chi connectivity index (χ1n) is 7.60. The Hall–Kier alpha value is -2.99. The van der Waals surface area contributed by atoms with Crippen LogP contribution in [0.3, 0.4) is 0 Å². The quantitative estimate of drug-likeness (QED) is 0.752. The summed E-state index contributed by atoms with van der Waals surface area (Å²) < 4.78 is 1.63. The molecular formula is C18H18N4O2. The first kappa shape index (κ1) is 15.9. The Bertz CT molecular complexity index is 813. The molecule has 0 radical (unpaired) electrons. The van der Waals surface area contributed by atoms with Gasteiger partial charge in [-0.2, -0.15) is 5.10 Å². The van der Waals surface area contributed by atoms with Crippen LogP contribution in [0.1, 0.15) is 22.0 Å². The summed E-state index contributed by atoms with van der Waals surface area (Å²) in [6, 6.07) is 16.0. The molecular weight excluding hydrogens is 304 g/mol. The van der Waals surface area contributed by atoms with Gasteiger partial charge >= 0.3 is 0 Å². The van der Waals surface area contributed by atoms with Gasteiger partial charge in [-0.05, 0) is 17.7 Å². The van der Waals surface area contributed by atoms with Gasteiger partial charge in [-0.25, -0.2) is 4.98 Å². The SMILES string of the molecule is Cn1cnc(-c2ccc(C(=O)NC(CO)c3ccccc3)cc2)n1. The second-order valence-electron chi connectivity index (χ2n) is 5.44. The highest BCUT2D eigenvalue weighted by Crippen LogP contribution is 2.16. The smallest absolute Gasteiger partial charge is 0.251 e. The minimum Gasteiger partial charge on any atom is -0.394 e. The van der Waals surface area contributed by atoms with Crippen LogP contribution in [0.15, 0.2) is 60.9 Å². The van der Waals surface area contributed by atoms with Crippen LogP contribution in [0.25, 0.3) is 11.4 Å². The lowest BCUT2D eigenvalue weighted by Gasteiger charge is -2.16. The molecule has 2 N–H and O–H groups in total. The highest BCUT2D eigenvalue weighted by molar-refractivity contribution is 5.94. The summed E-state index contributed by atoms with van der Waals surface area (Å²) in [7, 11) is 1.80. The maximum atomic E-state index is 12.4. The summed E-state index contributed by atoms with van der Waals surface area (Å²) in [5, 5.41) is 16.6. The molecule has 0 fully saturated rings. The third-order valence-electron chi connectivity index (χ3n) is 3.69. The van der Waals surface area contributed by atoms with Gasteiger partial charge in [-0.3, -0.25) is 9.48 Å². The maximum Gasteiger partial charge on any atom is 0.251 e. The van der Waals surface area contributed by atoms with Gasteiger partial charge in [0.25, 0.3) is 5.91 Å². The van der Waals surface area contributed by atoms with Crippen molar-refractivity contribution < 1.29 is 9.90 Å². The molecule has 3 aromatic rings. The summed E-state index contributed by atoms with van der Waals surface area (Å²) in [6.07, 6.45) is 1.63. The molecule has 122 valence electrons. The first-order chi connectivity index (χ1) is 11.7. The van der Waals surface area contributed by atoms with E-state index in [0.717, 1.165) is 11.1 Å². The topological polar surface area (TPSA) is 80.0 Å². The number of rotatable bonds is 5. The zero-order valence-electron chi connectivity index (χ0n) is 13.3. The third-order valence-corrected chi connectivity index (χ3v) is 3.69. The van der Waals surface area contributed by atoms with E-state index in [1.807, 2.05) is 30.3 Å². The van der Waals surface area contributed by atoms with Gasteiger partial charge in [0, 0.05) is 18.2 Å². The first-order valence-corrected chi connectivity index (χ1v) is 7.60. The van der Waals surface area contributed by atoms with Crippen LogP contribution >= 0.6 is 0 Å². The van der Waals surface area contributed by atoms with Crippen LogP contribution in [0.2, 0.25) is 0 Å². The van der Waals surface area contributed by atoms with Crippen LogP contribution in [0.5, 0.6) is 0 Å². The van der Waals surface area contributed by atoms with Crippen molar-refractivity contribution in [2.75, 3.05) is 6.61 Å². The lowest BCUT2D eigenvalue weighted by Crippen LogP contribution is -2.30. The Morgan fingerprint density at radius 3 is 2.46 bits per heavy atom. The van der Waals surface area contributed by atoms with E-state index < -0.39 is 6.04 Å². The number of hydrogen-bond donors (Lipinski definition) is 2. The minimum absolute atomic E-state index is 0.161. The molecule has 0 bridgehead atoms. The second kappa shape index (κ2) is 7.06. The zero-order chi connectivity index (χ0) is 16.9. The number of carbonyl (C=O) groups is 1. The van der Waals surface area contributed by atoms with Gasteiger partial charge in [-0.1, -0.05) is 42.5 Å². The van der Waals surface area contributed by atoms with Crippen LogP contribution in [0, 0.1) is 0 Å². The highest BCUT2D eigenvalue weighted by atomic mass is 16.3. The number of nitrogens with zero attached hydrogens (tertiary/aromatic N) is 3. The van der Waals surface area contributed by atoms with Crippen molar-refractivity contribution in [3.8, 4) is 11.4 Å². The lowest BCUT2D eigenvalue weighted by atomic mass is 10.1. The summed E-state index contributed by atoms with van der Waals surface area (Å²) in [6.45, 7) is -0.161.